The number of nitrogens with zero attached hydrogens (tertiary/aromatic N) is 6. The van der Waals surface area contributed by atoms with E-state index in [1.165, 1.54) is 30.1 Å². The second-order valence-electron chi connectivity index (χ2n) is 14.5. The van der Waals surface area contributed by atoms with Crippen LogP contribution >= 0.6 is 0 Å². The van der Waals surface area contributed by atoms with E-state index < -0.39 is 11.4 Å². The van der Waals surface area contributed by atoms with Crippen molar-refractivity contribution < 1.29 is 23.5 Å². The lowest BCUT2D eigenvalue weighted by Crippen LogP contribution is -2.60. The average Bonchev–Trinajstić information content (AvgIpc) is 2.97. The van der Waals surface area contributed by atoms with E-state index in [2.05, 4.69) is 25.8 Å². The highest BCUT2D eigenvalue weighted by Gasteiger charge is 2.46. The lowest BCUT2D eigenvalue weighted by molar-refractivity contribution is 0.0262. The van der Waals surface area contributed by atoms with Crippen molar-refractivity contribution >= 4 is 17.8 Å². The van der Waals surface area contributed by atoms with Crippen LogP contribution in [0.1, 0.15) is 78.1 Å². The fourth-order valence-corrected chi connectivity index (χ4v) is 6.75. The molecule has 0 bridgehead atoms. The maximum atomic E-state index is 14.4. The van der Waals surface area contributed by atoms with Gasteiger partial charge in [-0.25, -0.2) is 19.2 Å². The Labute approximate surface area is 272 Å². The van der Waals surface area contributed by atoms with Gasteiger partial charge in [-0.1, -0.05) is 11.6 Å². The van der Waals surface area contributed by atoms with Gasteiger partial charge in [0.1, 0.15) is 23.5 Å². The minimum atomic E-state index is -0.494. The molecule has 250 valence electrons. The molecule has 2 fully saturated rings. The topological polar surface area (TPSA) is 91.3 Å². The molecule has 1 spiro atoms. The summed E-state index contributed by atoms with van der Waals surface area (Å²) in [5.74, 6) is 0.629. The van der Waals surface area contributed by atoms with Gasteiger partial charge in [0.05, 0.1) is 11.8 Å². The number of benzene rings is 1. The number of likely N-dealkylation sites (tertiary alicyclic amines) is 1. The lowest BCUT2D eigenvalue weighted by atomic mass is 9.72. The van der Waals surface area contributed by atoms with Crippen LogP contribution in [0.2, 0.25) is 0 Å². The Morgan fingerprint density at radius 1 is 1.04 bits per heavy atom. The van der Waals surface area contributed by atoms with Gasteiger partial charge < -0.3 is 24.2 Å². The maximum Gasteiger partial charge on any atom is 0.410 e. The highest BCUT2D eigenvalue weighted by atomic mass is 19.1. The number of piperidine rings is 1. The molecule has 0 saturated carbocycles. The van der Waals surface area contributed by atoms with Crippen LogP contribution in [-0.4, -0.2) is 100 Å². The van der Waals surface area contributed by atoms with Crippen LogP contribution in [0.3, 0.4) is 0 Å². The van der Waals surface area contributed by atoms with Crippen LogP contribution in [0, 0.1) is 11.2 Å². The average molecular weight is 637 g/mol. The Hall–Kier alpha value is -3.73. The van der Waals surface area contributed by atoms with E-state index in [0.717, 1.165) is 52.0 Å². The molecule has 3 aliphatic rings. The van der Waals surface area contributed by atoms with Crippen molar-refractivity contribution in [1.82, 2.24) is 24.7 Å². The number of hydrogen-bond donors (Lipinski definition) is 0. The molecule has 46 heavy (non-hydrogen) atoms. The number of halogens is 1. The molecule has 0 radical (unpaired) electrons. The number of carbonyl (C=O) groups is 2. The molecule has 4 heterocycles. The summed E-state index contributed by atoms with van der Waals surface area (Å²) in [6.45, 7) is 19.5. The third-order valence-corrected chi connectivity index (χ3v) is 9.05. The fraction of sp³-hybridized carbons (Fsp3) is 0.600. The van der Waals surface area contributed by atoms with E-state index in [-0.39, 0.29) is 40.8 Å². The molecule has 1 aromatic heterocycles. The van der Waals surface area contributed by atoms with Crippen molar-refractivity contribution in [2.75, 3.05) is 50.7 Å². The van der Waals surface area contributed by atoms with Gasteiger partial charge in [-0.2, -0.15) is 0 Å². The lowest BCUT2D eigenvalue weighted by Gasteiger charge is -2.54. The van der Waals surface area contributed by atoms with Crippen LogP contribution in [-0.2, 0) is 4.74 Å². The van der Waals surface area contributed by atoms with E-state index in [4.69, 9.17) is 9.47 Å². The van der Waals surface area contributed by atoms with Crippen molar-refractivity contribution in [2.45, 2.75) is 85.4 Å². The van der Waals surface area contributed by atoms with Gasteiger partial charge in [-0.3, -0.25) is 9.69 Å². The summed E-state index contributed by atoms with van der Waals surface area (Å²) in [5.41, 5.74) is 1.30. The first-order valence-corrected chi connectivity index (χ1v) is 16.5. The highest BCUT2D eigenvalue weighted by Crippen LogP contribution is 2.45. The summed E-state index contributed by atoms with van der Waals surface area (Å²) in [4.78, 5) is 42.9. The molecule has 11 heteroatoms. The van der Waals surface area contributed by atoms with Gasteiger partial charge in [0.15, 0.2) is 11.6 Å². The zero-order valence-corrected chi connectivity index (χ0v) is 28.4. The van der Waals surface area contributed by atoms with E-state index in [1.807, 2.05) is 48.5 Å². The zero-order chi connectivity index (χ0) is 33.2. The number of anilines is 1. The largest absolute Gasteiger partial charge is 0.451 e. The number of ether oxygens (including phenoxy) is 2. The summed E-state index contributed by atoms with van der Waals surface area (Å²) in [7, 11) is 0. The van der Waals surface area contributed by atoms with Gasteiger partial charge in [0.2, 0.25) is 0 Å². The summed E-state index contributed by atoms with van der Waals surface area (Å²) < 4.78 is 26.2. The summed E-state index contributed by atoms with van der Waals surface area (Å²) in [6, 6.07) is 3.93. The molecule has 0 atom stereocenters. The number of rotatable bonds is 8. The Balaban J connectivity index is 1.18. The van der Waals surface area contributed by atoms with Crippen LogP contribution in [0.5, 0.6) is 11.5 Å². The summed E-state index contributed by atoms with van der Waals surface area (Å²) in [6.07, 6.45) is 8.12. The molecule has 2 saturated heterocycles. The standard InChI is InChI=1S/C35H49FN6O4/c1-24(2)42(25(3)4)32(43)28-18-27(36)8-9-29(28)45-30-19-37-23-38-31(30)41-21-35(22-41)12-16-39(17-13-35)20-26-10-14-40(15-11-26)33(44)46-34(5,6)7/h8-10,18-19,23-25H,11-17,20-22H2,1-7H3. The minimum absolute atomic E-state index is 0.0585. The smallest absolute Gasteiger partial charge is 0.410 e. The maximum absolute atomic E-state index is 14.4. The molecular formula is C35H49FN6O4. The van der Waals surface area contributed by atoms with Crippen LogP contribution in [0.25, 0.3) is 0 Å². The van der Waals surface area contributed by atoms with Crippen molar-refractivity contribution in [2.24, 2.45) is 5.41 Å². The first-order chi connectivity index (χ1) is 21.7. The van der Waals surface area contributed by atoms with Gasteiger partial charge in [-0.05, 0) is 99.0 Å². The van der Waals surface area contributed by atoms with E-state index in [1.54, 1.807) is 16.0 Å². The molecule has 1 aromatic carbocycles. The van der Waals surface area contributed by atoms with E-state index in [0.29, 0.717) is 24.7 Å². The molecular weight excluding hydrogens is 587 g/mol. The zero-order valence-electron chi connectivity index (χ0n) is 28.4. The Morgan fingerprint density at radius 3 is 2.35 bits per heavy atom. The number of carbonyl (C=O) groups excluding carboxylic acids is 2. The van der Waals surface area contributed by atoms with Gasteiger partial charge in [0.25, 0.3) is 5.91 Å². The minimum Gasteiger partial charge on any atom is -0.451 e. The molecule has 2 amide bonds. The van der Waals surface area contributed by atoms with Crippen molar-refractivity contribution in [3.63, 3.8) is 0 Å². The van der Waals surface area contributed by atoms with E-state index in [9.17, 15) is 14.0 Å². The van der Waals surface area contributed by atoms with Crippen molar-refractivity contribution in [3.05, 3.63) is 53.8 Å². The molecule has 0 unspecified atom stereocenters. The Kier molecular flexibility index (Phi) is 9.91. The normalized spacial score (nSPS) is 18.4. The second-order valence-corrected chi connectivity index (χ2v) is 14.5. The molecule has 0 N–H and O–H groups in total. The molecule has 3 aliphatic heterocycles. The molecule has 2 aromatic rings. The third-order valence-electron chi connectivity index (χ3n) is 9.05. The SMILES string of the molecule is CC(C)N(C(=O)c1cc(F)ccc1Oc1cncnc1N1CC2(CCN(CC3=CCN(C(=O)OC(C)(C)C)CC3)CC2)C1)C(C)C. The van der Waals surface area contributed by atoms with Crippen LogP contribution in [0.15, 0.2) is 42.4 Å². The number of aromatic nitrogens is 2. The Bertz CT molecular complexity index is 1430. The Morgan fingerprint density at radius 2 is 1.74 bits per heavy atom. The number of amides is 2. The summed E-state index contributed by atoms with van der Waals surface area (Å²) in [5, 5.41) is 0. The van der Waals surface area contributed by atoms with E-state index >= 15 is 0 Å². The van der Waals surface area contributed by atoms with Crippen LogP contribution in [0.4, 0.5) is 15.0 Å². The highest BCUT2D eigenvalue weighted by molar-refractivity contribution is 5.97. The first-order valence-electron chi connectivity index (χ1n) is 16.5. The predicted molar refractivity (Wildman–Crippen MR) is 176 cm³/mol. The monoisotopic (exact) mass is 636 g/mol. The van der Waals surface area contributed by atoms with Gasteiger partial charge >= 0.3 is 6.09 Å². The first kappa shape index (κ1) is 33.6. The second kappa shape index (κ2) is 13.6. The van der Waals surface area contributed by atoms with Crippen molar-refractivity contribution in [1.29, 1.82) is 0 Å². The quantitative estimate of drug-likeness (QED) is 0.320. The molecule has 5 rings (SSSR count). The number of hydrogen-bond acceptors (Lipinski definition) is 8. The fourth-order valence-electron chi connectivity index (χ4n) is 6.75. The van der Waals surface area contributed by atoms with Crippen LogP contribution < -0.4 is 9.64 Å². The van der Waals surface area contributed by atoms with Gasteiger partial charge in [-0.15, -0.1) is 0 Å². The van der Waals surface area contributed by atoms with Crippen molar-refractivity contribution in [3.8, 4) is 11.5 Å². The third kappa shape index (κ3) is 7.79. The summed E-state index contributed by atoms with van der Waals surface area (Å²) >= 11 is 0. The molecule has 0 aliphatic carbocycles. The predicted octanol–water partition coefficient (Wildman–Crippen LogP) is 6.14. The molecule has 10 nitrogen and oxygen atoms in total. The van der Waals surface area contributed by atoms with Gasteiger partial charge in [0, 0.05) is 50.2 Å².